The number of hydrogen-bond acceptors (Lipinski definition) is 7. The number of carbonyl (C=O) groups is 1. The molecule has 2 aromatic carbocycles. The molecule has 0 saturated carbocycles. The maximum absolute atomic E-state index is 12.2. The molecule has 160 valence electrons. The molecule has 30 heavy (non-hydrogen) atoms. The highest BCUT2D eigenvalue weighted by molar-refractivity contribution is 6.08. The Balaban J connectivity index is 2.32. The second kappa shape index (κ2) is 10.3. The van der Waals surface area contributed by atoms with Gasteiger partial charge in [-0.2, -0.15) is 0 Å². The summed E-state index contributed by atoms with van der Waals surface area (Å²) in [5, 5.41) is 12.3. The zero-order chi connectivity index (χ0) is 22.3. The van der Waals surface area contributed by atoms with Gasteiger partial charge in [0.15, 0.2) is 0 Å². The fourth-order valence-electron chi connectivity index (χ4n) is 2.89. The highest BCUT2D eigenvalue weighted by Crippen LogP contribution is 2.31. The van der Waals surface area contributed by atoms with Gasteiger partial charge >= 0.3 is 6.03 Å². The summed E-state index contributed by atoms with van der Waals surface area (Å²) in [4.78, 5) is 12.2. The van der Waals surface area contributed by atoms with Crippen molar-refractivity contribution in [1.82, 2.24) is 10.3 Å². The molecule has 6 N–H and O–H groups in total. The number of methoxy groups -OCH3 is 1. The zero-order valence-corrected chi connectivity index (χ0v) is 17.6. The monoisotopic (exact) mass is 412 g/mol. The Bertz CT molecular complexity index is 942. The predicted molar refractivity (Wildman–Crippen MR) is 118 cm³/mol. The molecule has 0 aliphatic heterocycles. The minimum Gasteiger partial charge on any atom is -0.496 e. The molecule has 0 bridgehead atoms. The summed E-state index contributed by atoms with van der Waals surface area (Å²) in [6.45, 7) is 2.05. The number of hydrogen-bond donors (Lipinski definition) is 4. The van der Waals surface area contributed by atoms with Crippen LogP contribution >= 0.6 is 0 Å². The molecule has 0 aromatic heterocycles. The van der Waals surface area contributed by atoms with Gasteiger partial charge in [-0.15, -0.1) is 0 Å². The van der Waals surface area contributed by atoms with Crippen molar-refractivity contribution in [3.05, 3.63) is 59.3 Å². The van der Waals surface area contributed by atoms with E-state index < -0.39 is 6.03 Å². The average Bonchev–Trinajstić information content (AvgIpc) is 2.75. The van der Waals surface area contributed by atoms with E-state index in [0.29, 0.717) is 22.7 Å². The third-order valence-corrected chi connectivity index (χ3v) is 4.43. The molecular formula is C21H28N6O3. The Morgan fingerprint density at radius 1 is 1.23 bits per heavy atom. The molecule has 9 heteroatoms. The van der Waals surface area contributed by atoms with Crippen LogP contribution in [0, 0.1) is 12.3 Å². The summed E-state index contributed by atoms with van der Waals surface area (Å²) in [5.41, 5.74) is 3.58. The van der Waals surface area contributed by atoms with Crippen LogP contribution in [0.25, 0.3) is 5.57 Å². The van der Waals surface area contributed by atoms with Gasteiger partial charge in [0.25, 0.3) is 0 Å². The topological polar surface area (TPSA) is 130 Å². The van der Waals surface area contributed by atoms with E-state index in [-0.39, 0.29) is 6.61 Å². The number of hydrazine groups is 2. The van der Waals surface area contributed by atoms with Crippen molar-refractivity contribution in [2.24, 2.45) is 11.7 Å². The number of allylic oxidation sites excluding steroid dienone is 1. The number of rotatable bonds is 8. The first-order chi connectivity index (χ1) is 14.3. The van der Waals surface area contributed by atoms with Crippen LogP contribution in [0.3, 0.4) is 0 Å². The Hall–Kier alpha value is -3.56. The molecule has 0 spiro atoms. The molecule has 2 amide bonds. The number of nitrogens with two attached hydrogens (primary N) is 2. The maximum Gasteiger partial charge on any atom is 0.352 e. The molecule has 0 fully saturated rings. The number of ether oxygens (including phenoxy) is 2. The summed E-state index contributed by atoms with van der Waals surface area (Å²) < 4.78 is 11.4. The standard InChI is InChI=1S/C21H28N6O3/c1-14-10-15(16(11-22)12-25-2)8-9-19(14)30-13-17-18(6-5-7-20(17)29-4)27(24)21(28)26(3)23/h5-12,22,25H,13,23-24H2,1-4H3/b16-12+,22-11?. The maximum atomic E-state index is 12.2. The Morgan fingerprint density at radius 3 is 2.53 bits per heavy atom. The number of carbonyl (C=O) groups excluding carboxylic acids is 1. The molecule has 0 unspecified atom stereocenters. The number of nitrogens with zero attached hydrogens (tertiary/aromatic N) is 2. The van der Waals surface area contributed by atoms with E-state index in [1.165, 1.54) is 20.4 Å². The number of anilines is 1. The van der Waals surface area contributed by atoms with Crippen molar-refractivity contribution in [3.8, 4) is 11.5 Å². The molecule has 0 aliphatic carbocycles. The third kappa shape index (κ3) is 5.07. The zero-order valence-electron chi connectivity index (χ0n) is 17.6. The molecule has 0 saturated heterocycles. The van der Waals surface area contributed by atoms with Crippen molar-refractivity contribution in [1.29, 1.82) is 5.41 Å². The SMILES string of the molecule is CN/C=C(\C=N)c1ccc(OCc2c(OC)cccc2N(N)C(=O)N(C)N)c(C)c1. The number of urea groups is 1. The number of amides is 2. The van der Waals surface area contributed by atoms with Gasteiger partial charge in [0.1, 0.15) is 18.1 Å². The minimum absolute atomic E-state index is 0.124. The van der Waals surface area contributed by atoms with Crippen LogP contribution in [0.2, 0.25) is 0 Å². The van der Waals surface area contributed by atoms with Gasteiger partial charge in [0, 0.05) is 32.1 Å². The van der Waals surface area contributed by atoms with Crippen molar-refractivity contribution < 1.29 is 14.3 Å². The van der Waals surface area contributed by atoms with Gasteiger partial charge < -0.3 is 20.2 Å². The number of benzene rings is 2. The minimum atomic E-state index is -0.583. The van der Waals surface area contributed by atoms with Gasteiger partial charge in [-0.25, -0.2) is 21.5 Å². The van der Waals surface area contributed by atoms with E-state index in [9.17, 15) is 4.79 Å². The first-order valence-electron chi connectivity index (χ1n) is 9.18. The van der Waals surface area contributed by atoms with Crippen molar-refractivity contribution in [2.75, 3.05) is 26.2 Å². The van der Waals surface area contributed by atoms with Gasteiger partial charge in [0.05, 0.1) is 18.4 Å². The second-order valence-electron chi connectivity index (χ2n) is 6.52. The van der Waals surface area contributed by atoms with E-state index in [2.05, 4.69) is 5.32 Å². The van der Waals surface area contributed by atoms with Gasteiger partial charge in [-0.05, 0) is 42.3 Å². The smallest absolute Gasteiger partial charge is 0.352 e. The molecule has 0 atom stereocenters. The fourth-order valence-corrected chi connectivity index (χ4v) is 2.89. The van der Waals surface area contributed by atoms with Crippen LogP contribution in [0.5, 0.6) is 11.5 Å². The van der Waals surface area contributed by atoms with Crippen molar-refractivity contribution >= 4 is 23.5 Å². The van der Waals surface area contributed by atoms with Crippen molar-refractivity contribution in [2.45, 2.75) is 13.5 Å². The number of nitrogens with one attached hydrogen (secondary N) is 2. The number of aryl methyl sites for hydroxylation is 1. The molecule has 2 aromatic rings. The quantitative estimate of drug-likeness (QED) is 0.228. The van der Waals surface area contributed by atoms with E-state index in [1.54, 1.807) is 31.4 Å². The first kappa shape index (κ1) is 22.7. The second-order valence-corrected chi connectivity index (χ2v) is 6.52. The normalized spacial score (nSPS) is 10.9. The molecule has 2 rings (SSSR count). The third-order valence-electron chi connectivity index (χ3n) is 4.43. The van der Waals surface area contributed by atoms with Crippen LogP contribution in [-0.4, -0.2) is 38.5 Å². The Morgan fingerprint density at radius 2 is 1.97 bits per heavy atom. The van der Waals surface area contributed by atoms with Crippen LogP contribution in [0.1, 0.15) is 16.7 Å². The highest BCUT2D eigenvalue weighted by Gasteiger charge is 2.20. The van der Waals surface area contributed by atoms with Crippen LogP contribution < -0.4 is 31.5 Å². The molecule has 0 aliphatic rings. The van der Waals surface area contributed by atoms with Gasteiger partial charge in [-0.3, -0.25) is 5.01 Å². The molecular weight excluding hydrogens is 384 g/mol. The molecule has 9 nitrogen and oxygen atoms in total. The van der Waals surface area contributed by atoms with Crippen LogP contribution in [-0.2, 0) is 6.61 Å². The fraction of sp³-hybridized carbons (Fsp3) is 0.238. The molecule has 0 heterocycles. The highest BCUT2D eigenvalue weighted by atomic mass is 16.5. The summed E-state index contributed by atoms with van der Waals surface area (Å²) in [6.07, 6.45) is 3.04. The van der Waals surface area contributed by atoms with E-state index in [0.717, 1.165) is 26.7 Å². The van der Waals surface area contributed by atoms with Crippen molar-refractivity contribution in [3.63, 3.8) is 0 Å². The molecule has 0 radical (unpaired) electrons. The first-order valence-corrected chi connectivity index (χ1v) is 9.18. The average molecular weight is 412 g/mol. The predicted octanol–water partition coefficient (Wildman–Crippen LogP) is 2.40. The summed E-state index contributed by atoms with van der Waals surface area (Å²) >= 11 is 0. The largest absolute Gasteiger partial charge is 0.496 e. The Kier molecular flexibility index (Phi) is 7.79. The lowest BCUT2D eigenvalue weighted by Crippen LogP contribution is -2.49. The lowest BCUT2D eigenvalue weighted by atomic mass is 10.0. The van der Waals surface area contributed by atoms with E-state index in [4.69, 9.17) is 26.6 Å². The van der Waals surface area contributed by atoms with E-state index >= 15 is 0 Å². The summed E-state index contributed by atoms with van der Waals surface area (Å²) in [7, 11) is 4.73. The Labute approximate surface area is 176 Å². The lowest BCUT2D eigenvalue weighted by molar-refractivity contribution is 0.216. The van der Waals surface area contributed by atoms with Crippen LogP contribution in [0.15, 0.2) is 42.6 Å². The summed E-state index contributed by atoms with van der Waals surface area (Å²) in [5.74, 6) is 12.7. The lowest BCUT2D eigenvalue weighted by Gasteiger charge is -2.24. The summed E-state index contributed by atoms with van der Waals surface area (Å²) in [6, 6.07) is 10.3. The van der Waals surface area contributed by atoms with Gasteiger partial charge in [-0.1, -0.05) is 12.1 Å². The van der Waals surface area contributed by atoms with Crippen LogP contribution in [0.4, 0.5) is 10.5 Å². The van der Waals surface area contributed by atoms with E-state index in [1.807, 2.05) is 25.1 Å². The van der Waals surface area contributed by atoms with Gasteiger partial charge in [0.2, 0.25) is 0 Å².